The first-order valence-corrected chi connectivity index (χ1v) is 8.89. The van der Waals surface area contributed by atoms with E-state index in [9.17, 15) is 8.42 Å². The van der Waals surface area contributed by atoms with Crippen LogP contribution in [-0.4, -0.2) is 40.0 Å². The highest BCUT2D eigenvalue weighted by Crippen LogP contribution is 2.28. The molecule has 3 N–H and O–H groups in total. The normalized spacial score (nSPS) is 24.8. The Bertz CT molecular complexity index is 344. The Kier molecular flexibility index (Phi) is 7.28. The van der Waals surface area contributed by atoms with Crippen LogP contribution in [0.5, 0.6) is 0 Å². The number of sulfonamides is 1. The molecular weight excluding hydrogens is 264 g/mol. The lowest BCUT2D eigenvalue weighted by Gasteiger charge is -2.30. The number of rotatable bonds is 8. The van der Waals surface area contributed by atoms with Gasteiger partial charge in [0, 0.05) is 6.54 Å². The largest absolute Gasteiger partial charge is 0.378 e. The number of hydrogen-bond acceptors (Lipinski definition) is 4. The molecule has 0 saturated heterocycles. The summed E-state index contributed by atoms with van der Waals surface area (Å²) in [7, 11) is -3.22. The summed E-state index contributed by atoms with van der Waals surface area (Å²) in [4.78, 5) is 0. The molecule has 1 fully saturated rings. The third-order valence-electron chi connectivity index (χ3n) is 3.74. The molecule has 1 aliphatic rings. The van der Waals surface area contributed by atoms with E-state index in [1.54, 1.807) is 0 Å². The lowest BCUT2D eigenvalue weighted by Crippen LogP contribution is -2.38. The molecule has 0 aromatic rings. The van der Waals surface area contributed by atoms with E-state index in [0.717, 1.165) is 12.8 Å². The number of ether oxygens (including phenoxy) is 1. The summed E-state index contributed by atoms with van der Waals surface area (Å²) in [5, 5.41) is 0. The van der Waals surface area contributed by atoms with Gasteiger partial charge in [0.15, 0.2) is 0 Å². The molecule has 0 bridgehead atoms. The second-order valence-corrected chi connectivity index (χ2v) is 7.55. The van der Waals surface area contributed by atoms with Gasteiger partial charge in [-0.05, 0) is 45.1 Å². The molecule has 0 aliphatic heterocycles. The van der Waals surface area contributed by atoms with Crippen molar-refractivity contribution >= 4 is 10.0 Å². The fourth-order valence-corrected chi connectivity index (χ4v) is 3.49. The van der Waals surface area contributed by atoms with E-state index in [1.165, 1.54) is 12.8 Å². The van der Waals surface area contributed by atoms with Crippen LogP contribution in [0.25, 0.3) is 0 Å². The highest BCUT2D eigenvalue weighted by atomic mass is 32.2. The van der Waals surface area contributed by atoms with Gasteiger partial charge in [0.05, 0.1) is 18.5 Å². The number of nitrogens with one attached hydrogen (secondary N) is 1. The highest BCUT2D eigenvalue weighted by Gasteiger charge is 2.25. The Labute approximate surface area is 117 Å². The van der Waals surface area contributed by atoms with Crippen molar-refractivity contribution in [3.05, 3.63) is 0 Å². The van der Waals surface area contributed by atoms with Crippen LogP contribution in [0.4, 0.5) is 0 Å². The fraction of sp³-hybridized carbons (Fsp3) is 1.00. The van der Waals surface area contributed by atoms with Crippen molar-refractivity contribution in [2.24, 2.45) is 17.6 Å². The number of hydrogen-bond donors (Lipinski definition) is 2. The van der Waals surface area contributed by atoms with Gasteiger partial charge in [0.2, 0.25) is 10.0 Å². The van der Waals surface area contributed by atoms with Crippen LogP contribution < -0.4 is 10.5 Å². The minimum absolute atomic E-state index is 0.0329. The summed E-state index contributed by atoms with van der Waals surface area (Å²) < 4.78 is 31.6. The monoisotopic (exact) mass is 292 g/mol. The van der Waals surface area contributed by atoms with Gasteiger partial charge in [0.25, 0.3) is 0 Å². The van der Waals surface area contributed by atoms with Crippen molar-refractivity contribution < 1.29 is 13.2 Å². The zero-order valence-electron chi connectivity index (χ0n) is 12.1. The van der Waals surface area contributed by atoms with Gasteiger partial charge >= 0.3 is 0 Å². The first-order valence-electron chi connectivity index (χ1n) is 7.23. The van der Waals surface area contributed by atoms with E-state index in [2.05, 4.69) is 4.72 Å². The molecule has 0 aromatic carbocycles. The molecule has 6 heteroatoms. The maximum atomic E-state index is 11.8. The minimum Gasteiger partial charge on any atom is -0.378 e. The van der Waals surface area contributed by atoms with Crippen LogP contribution in [-0.2, 0) is 14.8 Å². The number of nitrogens with two attached hydrogens (primary N) is 1. The van der Waals surface area contributed by atoms with E-state index in [-0.39, 0.29) is 18.5 Å². The molecule has 0 aromatic heterocycles. The standard InChI is InChI=1S/C13H28N2O3S/c1-11(2)18-7-8-19(16,17)15-10-13-6-4-3-5-12(13)9-14/h11-13,15H,3-10,14H2,1-2H3. The second kappa shape index (κ2) is 8.19. The van der Waals surface area contributed by atoms with E-state index in [4.69, 9.17) is 10.5 Å². The molecule has 1 aliphatic carbocycles. The lowest BCUT2D eigenvalue weighted by atomic mass is 9.79. The molecule has 0 amide bonds. The third kappa shape index (κ3) is 6.70. The summed E-state index contributed by atoms with van der Waals surface area (Å²) in [6.45, 7) is 5.22. The van der Waals surface area contributed by atoms with Crippen LogP contribution in [0, 0.1) is 11.8 Å². The van der Waals surface area contributed by atoms with Crippen molar-refractivity contribution in [3.63, 3.8) is 0 Å². The van der Waals surface area contributed by atoms with Gasteiger partial charge in [0.1, 0.15) is 0 Å². The van der Waals surface area contributed by atoms with E-state index >= 15 is 0 Å². The predicted octanol–water partition coefficient (Wildman–Crippen LogP) is 1.10. The Morgan fingerprint density at radius 2 is 1.89 bits per heavy atom. The topological polar surface area (TPSA) is 81.4 Å². The molecule has 2 atom stereocenters. The van der Waals surface area contributed by atoms with Crippen molar-refractivity contribution in [2.75, 3.05) is 25.4 Å². The van der Waals surface area contributed by atoms with Crippen molar-refractivity contribution in [1.82, 2.24) is 4.72 Å². The molecule has 0 heterocycles. The lowest BCUT2D eigenvalue weighted by molar-refractivity contribution is 0.0911. The highest BCUT2D eigenvalue weighted by molar-refractivity contribution is 7.89. The third-order valence-corrected chi connectivity index (χ3v) is 5.05. The first kappa shape index (κ1) is 16.9. The average Bonchev–Trinajstić information content (AvgIpc) is 2.36. The second-order valence-electron chi connectivity index (χ2n) is 5.63. The summed E-state index contributed by atoms with van der Waals surface area (Å²) >= 11 is 0. The van der Waals surface area contributed by atoms with Gasteiger partial charge in [-0.15, -0.1) is 0 Å². The quantitative estimate of drug-likeness (QED) is 0.702. The molecule has 0 radical (unpaired) electrons. The van der Waals surface area contributed by atoms with Crippen LogP contribution >= 0.6 is 0 Å². The molecule has 2 unspecified atom stereocenters. The van der Waals surface area contributed by atoms with Crippen LogP contribution in [0.15, 0.2) is 0 Å². The molecule has 5 nitrogen and oxygen atoms in total. The Morgan fingerprint density at radius 1 is 1.26 bits per heavy atom. The van der Waals surface area contributed by atoms with Gasteiger partial charge in [-0.25, -0.2) is 13.1 Å². The Hall–Kier alpha value is -0.170. The smallest absolute Gasteiger partial charge is 0.213 e. The average molecular weight is 292 g/mol. The summed E-state index contributed by atoms with van der Waals surface area (Å²) in [5.74, 6) is 0.883. The molecule has 114 valence electrons. The molecule has 19 heavy (non-hydrogen) atoms. The van der Waals surface area contributed by atoms with Gasteiger partial charge in [-0.2, -0.15) is 0 Å². The molecule has 1 rings (SSSR count). The zero-order chi connectivity index (χ0) is 14.3. The SMILES string of the molecule is CC(C)OCCS(=O)(=O)NCC1CCCCC1CN. The van der Waals surface area contributed by atoms with Gasteiger partial charge < -0.3 is 10.5 Å². The van der Waals surface area contributed by atoms with Crippen LogP contribution in [0.1, 0.15) is 39.5 Å². The Morgan fingerprint density at radius 3 is 2.47 bits per heavy atom. The zero-order valence-corrected chi connectivity index (χ0v) is 12.9. The van der Waals surface area contributed by atoms with Crippen LogP contribution in [0.3, 0.4) is 0 Å². The van der Waals surface area contributed by atoms with Gasteiger partial charge in [-0.3, -0.25) is 0 Å². The maximum absolute atomic E-state index is 11.8. The molecule has 0 spiro atoms. The fourth-order valence-electron chi connectivity index (χ4n) is 2.56. The van der Waals surface area contributed by atoms with E-state index in [1.807, 2.05) is 13.8 Å². The van der Waals surface area contributed by atoms with Crippen molar-refractivity contribution in [1.29, 1.82) is 0 Å². The van der Waals surface area contributed by atoms with Gasteiger partial charge in [-0.1, -0.05) is 12.8 Å². The van der Waals surface area contributed by atoms with Crippen LogP contribution in [0.2, 0.25) is 0 Å². The predicted molar refractivity (Wildman–Crippen MR) is 77.4 cm³/mol. The van der Waals surface area contributed by atoms with E-state index < -0.39 is 10.0 Å². The minimum atomic E-state index is -3.22. The Balaban J connectivity index is 2.32. The summed E-state index contributed by atoms with van der Waals surface area (Å²) in [6, 6.07) is 0. The van der Waals surface area contributed by atoms with Crippen molar-refractivity contribution in [3.8, 4) is 0 Å². The van der Waals surface area contributed by atoms with E-state index in [0.29, 0.717) is 24.9 Å². The summed E-state index contributed by atoms with van der Waals surface area (Å²) in [5.41, 5.74) is 5.75. The summed E-state index contributed by atoms with van der Waals surface area (Å²) in [6.07, 6.45) is 4.66. The van der Waals surface area contributed by atoms with Crippen molar-refractivity contribution in [2.45, 2.75) is 45.6 Å². The molecule has 1 saturated carbocycles. The first-order chi connectivity index (χ1) is 8.94. The molecular formula is C13H28N2O3S. The maximum Gasteiger partial charge on any atom is 0.213 e.